The monoisotopic (exact) mass is 228 g/mol. The fourth-order valence-corrected chi connectivity index (χ4v) is 2.38. The van der Waals surface area contributed by atoms with Crippen LogP contribution in [0.25, 0.3) is 0 Å². The highest BCUT2D eigenvalue weighted by Gasteiger charge is 2.12. The van der Waals surface area contributed by atoms with Gasteiger partial charge in [-0.1, -0.05) is 36.8 Å². The average molecular weight is 228 g/mol. The van der Waals surface area contributed by atoms with Gasteiger partial charge >= 0.3 is 0 Å². The van der Waals surface area contributed by atoms with Crippen LogP contribution in [0.2, 0.25) is 0 Å². The van der Waals surface area contributed by atoms with Gasteiger partial charge in [0.15, 0.2) is 0 Å². The van der Waals surface area contributed by atoms with Crippen molar-refractivity contribution in [1.82, 2.24) is 0 Å². The van der Waals surface area contributed by atoms with E-state index in [2.05, 4.69) is 0 Å². The van der Waals surface area contributed by atoms with Gasteiger partial charge in [-0.05, 0) is 24.8 Å². The van der Waals surface area contributed by atoms with E-state index in [1.807, 2.05) is 38.1 Å². The smallest absolute Gasteiger partial charge is 0.265 e. The first-order valence-electron chi connectivity index (χ1n) is 4.87. The summed E-state index contributed by atoms with van der Waals surface area (Å²) in [5.41, 5.74) is 2.28. The van der Waals surface area contributed by atoms with Crippen molar-refractivity contribution >= 4 is 10.1 Å². The lowest BCUT2D eigenvalue weighted by Gasteiger charge is -2.09. The lowest BCUT2D eigenvalue weighted by atomic mass is 10.0. The Hall–Kier alpha value is -0.870. The van der Waals surface area contributed by atoms with Crippen LogP contribution in [0, 0.1) is 12.8 Å². The van der Waals surface area contributed by atoms with E-state index >= 15 is 0 Å². The van der Waals surface area contributed by atoms with E-state index < -0.39 is 10.1 Å². The molecule has 0 saturated carbocycles. The number of benzene rings is 1. The van der Waals surface area contributed by atoms with Crippen molar-refractivity contribution in [3.8, 4) is 0 Å². The van der Waals surface area contributed by atoms with E-state index in [1.54, 1.807) is 0 Å². The molecule has 1 rings (SSSR count). The van der Waals surface area contributed by atoms with Crippen LogP contribution in [0.1, 0.15) is 18.1 Å². The van der Waals surface area contributed by atoms with E-state index in [9.17, 15) is 8.42 Å². The number of hydrogen-bond donors (Lipinski definition) is 1. The van der Waals surface area contributed by atoms with Crippen LogP contribution in [0.4, 0.5) is 0 Å². The third-order valence-electron chi connectivity index (χ3n) is 2.20. The van der Waals surface area contributed by atoms with Crippen LogP contribution in [0.15, 0.2) is 24.3 Å². The van der Waals surface area contributed by atoms with Crippen LogP contribution >= 0.6 is 0 Å². The van der Waals surface area contributed by atoms with Crippen molar-refractivity contribution in [2.75, 3.05) is 5.75 Å². The topological polar surface area (TPSA) is 54.4 Å². The average Bonchev–Trinajstić information content (AvgIpc) is 2.05. The molecule has 0 saturated heterocycles. The van der Waals surface area contributed by atoms with Gasteiger partial charge in [-0.2, -0.15) is 8.42 Å². The molecule has 0 bridgehead atoms. The largest absolute Gasteiger partial charge is 0.286 e. The normalized spacial score (nSPS) is 13.8. The van der Waals surface area contributed by atoms with Crippen molar-refractivity contribution < 1.29 is 13.0 Å². The highest BCUT2D eigenvalue weighted by molar-refractivity contribution is 7.85. The minimum atomic E-state index is -3.85. The van der Waals surface area contributed by atoms with E-state index in [4.69, 9.17) is 4.55 Å². The van der Waals surface area contributed by atoms with Crippen LogP contribution in [0.3, 0.4) is 0 Å². The first-order chi connectivity index (χ1) is 6.87. The van der Waals surface area contributed by atoms with Gasteiger partial charge in [-0.3, -0.25) is 4.55 Å². The summed E-state index contributed by atoms with van der Waals surface area (Å²) in [6.07, 6.45) is 0.667. The van der Waals surface area contributed by atoms with Gasteiger partial charge in [0.05, 0.1) is 5.75 Å². The molecular formula is C11H16O3S. The number of hydrogen-bond acceptors (Lipinski definition) is 2. The lowest BCUT2D eigenvalue weighted by molar-refractivity contribution is 0.469. The van der Waals surface area contributed by atoms with Crippen molar-refractivity contribution in [2.24, 2.45) is 5.92 Å². The summed E-state index contributed by atoms with van der Waals surface area (Å²) in [6.45, 7) is 3.82. The molecule has 0 aliphatic rings. The summed E-state index contributed by atoms with van der Waals surface area (Å²) in [7, 11) is -3.85. The third kappa shape index (κ3) is 4.95. The molecule has 0 aliphatic carbocycles. The first-order valence-corrected chi connectivity index (χ1v) is 6.48. The number of rotatable bonds is 4. The second kappa shape index (κ2) is 4.77. The summed E-state index contributed by atoms with van der Waals surface area (Å²) in [5.74, 6) is -0.247. The van der Waals surface area contributed by atoms with Gasteiger partial charge in [-0.15, -0.1) is 0 Å². The zero-order valence-electron chi connectivity index (χ0n) is 8.97. The quantitative estimate of drug-likeness (QED) is 0.802. The molecule has 0 spiro atoms. The molecule has 0 aliphatic heterocycles. The fourth-order valence-electron chi connectivity index (χ4n) is 1.55. The molecule has 0 radical (unpaired) electrons. The Bertz CT molecular complexity index is 406. The van der Waals surface area contributed by atoms with Gasteiger partial charge in [0.25, 0.3) is 10.1 Å². The Balaban J connectivity index is 2.59. The second-order valence-corrected chi connectivity index (χ2v) is 5.54. The minimum Gasteiger partial charge on any atom is -0.286 e. The van der Waals surface area contributed by atoms with Crippen molar-refractivity contribution in [1.29, 1.82) is 0 Å². The van der Waals surface area contributed by atoms with E-state index in [1.165, 1.54) is 5.56 Å². The van der Waals surface area contributed by atoms with E-state index in [0.717, 1.165) is 5.56 Å². The van der Waals surface area contributed by atoms with Crippen LogP contribution < -0.4 is 0 Å². The molecule has 0 fully saturated rings. The maximum atomic E-state index is 10.6. The minimum absolute atomic E-state index is 0.0669. The molecule has 1 aromatic carbocycles. The molecule has 1 atom stereocenters. The maximum absolute atomic E-state index is 10.6. The maximum Gasteiger partial charge on any atom is 0.265 e. The molecule has 0 heterocycles. The Labute approximate surface area is 90.9 Å². The highest BCUT2D eigenvalue weighted by atomic mass is 32.2. The van der Waals surface area contributed by atoms with Crippen LogP contribution in [-0.2, 0) is 16.5 Å². The van der Waals surface area contributed by atoms with Crippen LogP contribution in [-0.4, -0.2) is 18.7 Å². The second-order valence-electron chi connectivity index (χ2n) is 4.04. The molecule has 0 amide bonds. The zero-order chi connectivity index (χ0) is 11.5. The van der Waals surface area contributed by atoms with Crippen molar-refractivity contribution in [3.63, 3.8) is 0 Å². The summed E-state index contributed by atoms with van der Waals surface area (Å²) in [5, 5.41) is 0. The molecule has 1 unspecified atom stereocenters. The predicted octanol–water partition coefficient (Wildman–Crippen LogP) is 2.06. The predicted molar refractivity (Wildman–Crippen MR) is 60.5 cm³/mol. The Morgan fingerprint density at radius 3 is 2.27 bits per heavy atom. The van der Waals surface area contributed by atoms with Crippen molar-refractivity contribution in [2.45, 2.75) is 20.3 Å². The number of aryl methyl sites for hydroxylation is 1. The Morgan fingerprint density at radius 1 is 1.27 bits per heavy atom. The summed E-state index contributed by atoms with van der Waals surface area (Å²) in [6, 6.07) is 7.96. The fraction of sp³-hybridized carbons (Fsp3) is 0.455. The van der Waals surface area contributed by atoms with Gasteiger partial charge in [0.2, 0.25) is 0 Å². The molecular weight excluding hydrogens is 212 g/mol. The molecule has 1 aromatic rings. The van der Waals surface area contributed by atoms with E-state index in [-0.39, 0.29) is 11.7 Å². The molecule has 15 heavy (non-hydrogen) atoms. The summed E-state index contributed by atoms with van der Waals surface area (Å²) >= 11 is 0. The third-order valence-corrected chi connectivity index (χ3v) is 3.19. The first kappa shape index (κ1) is 12.2. The SMILES string of the molecule is Cc1ccc(CC(C)CS(=O)(=O)O)cc1. The molecule has 0 aromatic heterocycles. The summed E-state index contributed by atoms with van der Waals surface area (Å²) < 4.78 is 30.0. The van der Waals surface area contributed by atoms with Gasteiger partial charge in [0, 0.05) is 0 Å². The van der Waals surface area contributed by atoms with Crippen LogP contribution in [0.5, 0.6) is 0 Å². The molecule has 3 nitrogen and oxygen atoms in total. The highest BCUT2D eigenvalue weighted by Crippen LogP contribution is 2.11. The van der Waals surface area contributed by atoms with Gasteiger partial charge in [0.1, 0.15) is 0 Å². The molecule has 84 valence electrons. The molecule has 4 heteroatoms. The van der Waals surface area contributed by atoms with Gasteiger partial charge in [-0.25, -0.2) is 0 Å². The lowest BCUT2D eigenvalue weighted by Crippen LogP contribution is -2.14. The summed E-state index contributed by atoms with van der Waals surface area (Å²) in [4.78, 5) is 0. The Morgan fingerprint density at radius 2 is 1.80 bits per heavy atom. The Kier molecular flexibility index (Phi) is 3.88. The molecule has 1 N–H and O–H groups in total. The van der Waals surface area contributed by atoms with Gasteiger partial charge < -0.3 is 0 Å². The van der Waals surface area contributed by atoms with Crippen molar-refractivity contribution in [3.05, 3.63) is 35.4 Å². The zero-order valence-corrected chi connectivity index (χ0v) is 9.79. The standard InChI is InChI=1S/C11H16O3S/c1-9-3-5-11(6-4-9)7-10(2)8-15(12,13)14/h3-6,10H,7-8H2,1-2H3,(H,12,13,14). The van der Waals surface area contributed by atoms with E-state index in [0.29, 0.717) is 6.42 Å².